The minimum absolute atomic E-state index is 0.135. The molecular formula is C35H44N2O3S. The highest BCUT2D eigenvalue weighted by Gasteiger charge is 2.21. The van der Waals surface area contributed by atoms with Gasteiger partial charge in [0, 0.05) is 28.7 Å². The summed E-state index contributed by atoms with van der Waals surface area (Å²) in [5.41, 5.74) is 6.29. The predicted molar refractivity (Wildman–Crippen MR) is 172 cm³/mol. The van der Waals surface area contributed by atoms with E-state index in [1.54, 1.807) is 6.07 Å². The van der Waals surface area contributed by atoms with E-state index in [-0.39, 0.29) is 17.1 Å². The Kier molecular flexibility index (Phi) is 10.9. The molecule has 1 heterocycles. The van der Waals surface area contributed by atoms with Crippen LogP contribution in [-0.2, 0) is 14.6 Å². The average Bonchev–Trinajstić information content (AvgIpc) is 2.92. The molecule has 1 aromatic heterocycles. The van der Waals surface area contributed by atoms with Crippen molar-refractivity contribution in [2.75, 3.05) is 11.1 Å². The van der Waals surface area contributed by atoms with Crippen molar-refractivity contribution in [2.24, 2.45) is 11.3 Å². The molecule has 0 radical (unpaired) electrons. The minimum atomic E-state index is -3.43. The fraction of sp³-hybridized carbons (Fsp3) is 0.371. The number of hydrogen-bond acceptors (Lipinski definition) is 4. The van der Waals surface area contributed by atoms with E-state index in [9.17, 15) is 13.2 Å². The van der Waals surface area contributed by atoms with Crippen LogP contribution in [0.4, 0.5) is 5.69 Å². The number of pyridine rings is 1. The lowest BCUT2D eigenvalue weighted by atomic mass is 9.84. The lowest BCUT2D eigenvalue weighted by Gasteiger charge is -2.23. The number of aryl methyl sites for hydroxylation is 1. The van der Waals surface area contributed by atoms with Gasteiger partial charge in [-0.3, -0.25) is 9.78 Å². The van der Waals surface area contributed by atoms with Crippen LogP contribution < -0.4 is 5.32 Å². The highest BCUT2D eigenvalue weighted by molar-refractivity contribution is 7.91. The highest BCUT2D eigenvalue weighted by Crippen LogP contribution is 2.33. The molecule has 6 heteroatoms. The first-order valence-electron chi connectivity index (χ1n) is 14.4. The normalized spacial score (nSPS) is 13.1. The summed E-state index contributed by atoms with van der Waals surface area (Å²) in [4.78, 5) is 16.9. The van der Waals surface area contributed by atoms with Gasteiger partial charge in [-0.05, 0) is 90.6 Å². The number of nitrogens with one attached hydrogen (secondary N) is 1. The van der Waals surface area contributed by atoms with Gasteiger partial charge in [0.1, 0.15) is 0 Å². The van der Waals surface area contributed by atoms with Crippen molar-refractivity contribution < 1.29 is 13.2 Å². The molecule has 0 fully saturated rings. The van der Waals surface area contributed by atoms with Gasteiger partial charge in [-0.25, -0.2) is 8.42 Å². The van der Waals surface area contributed by atoms with Crippen LogP contribution in [0, 0.1) is 18.3 Å². The van der Waals surface area contributed by atoms with Crippen LogP contribution in [0.1, 0.15) is 77.1 Å². The number of sulfone groups is 1. The first-order chi connectivity index (χ1) is 19.3. The summed E-state index contributed by atoms with van der Waals surface area (Å²) in [6.45, 7) is 16.3. The van der Waals surface area contributed by atoms with E-state index in [1.807, 2.05) is 55.6 Å². The number of aromatic nitrogens is 1. The Labute approximate surface area is 246 Å². The third-order valence-electron chi connectivity index (χ3n) is 7.01. The molecule has 3 rings (SSSR count). The van der Waals surface area contributed by atoms with Gasteiger partial charge in [-0.1, -0.05) is 78.0 Å². The molecule has 0 spiro atoms. The third-order valence-corrected chi connectivity index (χ3v) is 8.75. The highest BCUT2D eigenvalue weighted by atomic mass is 32.2. The van der Waals surface area contributed by atoms with Gasteiger partial charge in [-0.2, -0.15) is 0 Å². The second kappa shape index (κ2) is 13.9. The summed E-state index contributed by atoms with van der Waals surface area (Å²) >= 11 is 0. The Hall–Kier alpha value is -3.51. The van der Waals surface area contributed by atoms with Crippen LogP contribution in [0.2, 0.25) is 0 Å². The smallest absolute Gasteiger partial charge is 0.247 e. The van der Waals surface area contributed by atoms with Crippen LogP contribution >= 0.6 is 0 Å². The predicted octanol–water partition coefficient (Wildman–Crippen LogP) is 8.65. The number of amides is 1. The molecule has 5 nitrogen and oxygen atoms in total. The Balaban J connectivity index is 1.98. The summed E-state index contributed by atoms with van der Waals surface area (Å²) in [7, 11) is -3.43. The van der Waals surface area contributed by atoms with E-state index in [2.05, 4.69) is 58.7 Å². The molecule has 1 N–H and O–H groups in total. The zero-order valence-corrected chi connectivity index (χ0v) is 26.1. The van der Waals surface area contributed by atoms with Crippen LogP contribution in [0.5, 0.6) is 0 Å². The van der Waals surface area contributed by atoms with Crippen molar-refractivity contribution in [1.82, 2.24) is 4.98 Å². The Morgan fingerprint density at radius 1 is 1.07 bits per heavy atom. The van der Waals surface area contributed by atoms with E-state index >= 15 is 0 Å². The summed E-state index contributed by atoms with van der Waals surface area (Å²) in [6.07, 6.45) is 8.67. The SMILES string of the molecule is C=CC(=O)Nc1cccc(-c2cnc(C)c(/C(=C\CCC)c3cccc(S(=O)(=O)CCC(C)CC(C)(C)C)c3)c2)c1. The van der Waals surface area contributed by atoms with E-state index < -0.39 is 9.84 Å². The largest absolute Gasteiger partial charge is 0.323 e. The van der Waals surface area contributed by atoms with Crippen molar-refractivity contribution in [1.29, 1.82) is 0 Å². The van der Waals surface area contributed by atoms with Crippen molar-refractivity contribution in [3.05, 3.63) is 96.3 Å². The van der Waals surface area contributed by atoms with Crippen molar-refractivity contribution in [3.63, 3.8) is 0 Å². The molecule has 0 aliphatic rings. The molecule has 3 aromatic rings. The topological polar surface area (TPSA) is 76.1 Å². The second-order valence-corrected chi connectivity index (χ2v) is 14.2. The molecule has 1 amide bonds. The molecule has 218 valence electrons. The molecule has 0 saturated carbocycles. The van der Waals surface area contributed by atoms with Crippen molar-refractivity contribution in [2.45, 2.75) is 72.1 Å². The van der Waals surface area contributed by atoms with Crippen molar-refractivity contribution >= 4 is 27.0 Å². The Morgan fingerprint density at radius 3 is 2.49 bits per heavy atom. The van der Waals surface area contributed by atoms with E-state index in [4.69, 9.17) is 4.98 Å². The maximum Gasteiger partial charge on any atom is 0.247 e. The maximum absolute atomic E-state index is 13.4. The number of rotatable bonds is 12. The summed E-state index contributed by atoms with van der Waals surface area (Å²) in [5, 5.41) is 2.81. The number of nitrogens with zero attached hydrogens (tertiary/aromatic N) is 1. The monoisotopic (exact) mass is 572 g/mol. The van der Waals surface area contributed by atoms with Gasteiger partial charge in [0.05, 0.1) is 10.6 Å². The third kappa shape index (κ3) is 9.25. The first kappa shape index (κ1) is 32.0. The number of anilines is 1. The summed E-state index contributed by atoms with van der Waals surface area (Å²) in [6, 6.07) is 17.0. The van der Waals surface area contributed by atoms with Gasteiger partial charge in [0.25, 0.3) is 0 Å². The maximum atomic E-state index is 13.4. The van der Waals surface area contributed by atoms with Crippen LogP contribution in [0.3, 0.4) is 0 Å². The van der Waals surface area contributed by atoms with Crippen LogP contribution in [0.15, 0.2) is 84.4 Å². The van der Waals surface area contributed by atoms with Gasteiger partial charge < -0.3 is 5.32 Å². The number of unbranched alkanes of at least 4 members (excludes halogenated alkanes) is 1. The number of allylic oxidation sites excluding steroid dienone is 1. The quantitative estimate of drug-likeness (QED) is 0.220. The minimum Gasteiger partial charge on any atom is -0.323 e. The van der Waals surface area contributed by atoms with Crippen LogP contribution in [-0.4, -0.2) is 25.1 Å². The lowest BCUT2D eigenvalue weighted by molar-refractivity contribution is -0.111. The number of benzene rings is 2. The Bertz CT molecular complexity index is 1510. The molecule has 0 saturated heterocycles. The summed E-state index contributed by atoms with van der Waals surface area (Å²) < 4.78 is 26.8. The number of carbonyl (C=O) groups is 1. The first-order valence-corrected chi connectivity index (χ1v) is 16.0. The number of carbonyl (C=O) groups excluding carboxylic acids is 1. The fourth-order valence-corrected chi connectivity index (χ4v) is 6.62. The number of hydrogen-bond donors (Lipinski definition) is 1. The lowest BCUT2D eigenvalue weighted by Crippen LogP contribution is -2.15. The standard InChI is InChI=1S/C35H44N2O3S/c1-8-10-17-32(28-14-12-16-31(21-28)41(39,40)19-18-25(3)23-35(5,6)7)33-22-29(24-36-26(33)4)27-13-11-15-30(20-27)37-34(38)9-2/h9,11-17,20-22,24-25H,2,8,10,18-19,23H2,1,3-7H3,(H,37,38)/b32-17-. The Morgan fingerprint density at radius 2 is 1.80 bits per heavy atom. The van der Waals surface area contributed by atoms with Crippen molar-refractivity contribution in [3.8, 4) is 11.1 Å². The van der Waals surface area contributed by atoms with E-state index in [0.29, 0.717) is 22.9 Å². The van der Waals surface area contributed by atoms with E-state index in [1.165, 1.54) is 6.08 Å². The molecule has 0 aliphatic heterocycles. The zero-order valence-electron chi connectivity index (χ0n) is 25.3. The zero-order chi connectivity index (χ0) is 30.2. The second-order valence-electron chi connectivity index (χ2n) is 12.0. The summed E-state index contributed by atoms with van der Waals surface area (Å²) in [5.74, 6) is 0.192. The molecule has 0 aliphatic carbocycles. The van der Waals surface area contributed by atoms with Gasteiger partial charge in [0.2, 0.25) is 5.91 Å². The molecule has 1 unspecified atom stereocenters. The molecule has 1 atom stereocenters. The average molecular weight is 573 g/mol. The molecule has 41 heavy (non-hydrogen) atoms. The van der Waals surface area contributed by atoms with E-state index in [0.717, 1.165) is 52.8 Å². The fourth-order valence-electron chi connectivity index (χ4n) is 5.08. The molecular weight excluding hydrogens is 528 g/mol. The van der Waals surface area contributed by atoms with Crippen LogP contribution in [0.25, 0.3) is 16.7 Å². The molecule has 0 bridgehead atoms. The van der Waals surface area contributed by atoms with Gasteiger partial charge >= 0.3 is 0 Å². The van der Waals surface area contributed by atoms with Gasteiger partial charge in [0.15, 0.2) is 9.84 Å². The van der Waals surface area contributed by atoms with Gasteiger partial charge in [-0.15, -0.1) is 0 Å². The molecule has 2 aromatic carbocycles.